The van der Waals surface area contributed by atoms with Crippen LogP contribution in [0, 0.1) is 0 Å². The molecule has 1 fully saturated rings. The first-order valence-corrected chi connectivity index (χ1v) is 5.14. The standard InChI is InChI=1S/C9H15F3N2O2/c10-9(11,12)6-16-5-4-14-8(15)7-2-1-3-13-7/h7,13H,1-6H2,(H,14,15). The molecular formula is C9H15F3N2O2. The van der Waals surface area contributed by atoms with Crippen LogP contribution >= 0.6 is 0 Å². The highest BCUT2D eigenvalue weighted by atomic mass is 19.4. The molecule has 0 aliphatic carbocycles. The van der Waals surface area contributed by atoms with Crippen LogP contribution in [0.5, 0.6) is 0 Å². The molecule has 0 saturated carbocycles. The summed E-state index contributed by atoms with van der Waals surface area (Å²) in [6, 6.07) is -0.206. The van der Waals surface area contributed by atoms with Crippen LogP contribution in [-0.4, -0.2) is 44.4 Å². The summed E-state index contributed by atoms with van der Waals surface area (Å²) in [4.78, 5) is 11.4. The molecule has 0 spiro atoms. The van der Waals surface area contributed by atoms with Gasteiger partial charge in [-0.1, -0.05) is 0 Å². The fraction of sp³-hybridized carbons (Fsp3) is 0.889. The summed E-state index contributed by atoms with van der Waals surface area (Å²) >= 11 is 0. The van der Waals surface area contributed by atoms with E-state index in [1.165, 1.54) is 0 Å². The Morgan fingerprint density at radius 3 is 2.81 bits per heavy atom. The largest absolute Gasteiger partial charge is 0.411 e. The number of carbonyl (C=O) groups is 1. The van der Waals surface area contributed by atoms with Crippen LogP contribution in [0.25, 0.3) is 0 Å². The van der Waals surface area contributed by atoms with E-state index in [9.17, 15) is 18.0 Å². The third-order valence-corrected chi connectivity index (χ3v) is 2.19. The van der Waals surface area contributed by atoms with Gasteiger partial charge in [0.1, 0.15) is 6.61 Å². The summed E-state index contributed by atoms with van der Waals surface area (Å²) in [6.45, 7) is -0.488. The van der Waals surface area contributed by atoms with E-state index in [1.54, 1.807) is 0 Å². The minimum atomic E-state index is -4.31. The summed E-state index contributed by atoms with van der Waals surface area (Å²) in [7, 11) is 0. The van der Waals surface area contributed by atoms with Gasteiger partial charge in [-0.15, -0.1) is 0 Å². The van der Waals surface area contributed by atoms with Gasteiger partial charge in [-0.05, 0) is 19.4 Å². The Balaban J connectivity index is 2.00. The van der Waals surface area contributed by atoms with E-state index < -0.39 is 12.8 Å². The third-order valence-electron chi connectivity index (χ3n) is 2.19. The van der Waals surface area contributed by atoms with Gasteiger partial charge in [0, 0.05) is 6.54 Å². The molecule has 1 atom stereocenters. The molecule has 0 aromatic heterocycles. The van der Waals surface area contributed by atoms with Gasteiger partial charge in [0.25, 0.3) is 0 Å². The normalized spacial score (nSPS) is 21.1. The zero-order chi connectivity index (χ0) is 12.0. The predicted octanol–water partition coefficient (Wildman–Crippen LogP) is 0.433. The molecule has 2 N–H and O–H groups in total. The second-order valence-corrected chi connectivity index (χ2v) is 3.61. The number of amides is 1. The zero-order valence-corrected chi connectivity index (χ0v) is 8.77. The highest BCUT2D eigenvalue weighted by Gasteiger charge is 2.27. The van der Waals surface area contributed by atoms with Gasteiger partial charge in [-0.2, -0.15) is 13.2 Å². The SMILES string of the molecule is O=C(NCCOCC(F)(F)F)C1CCCN1. The summed E-state index contributed by atoms with van der Waals surface area (Å²) in [5.41, 5.74) is 0. The maximum atomic E-state index is 11.7. The van der Waals surface area contributed by atoms with E-state index in [4.69, 9.17) is 0 Å². The highest BCUT2D eigenvalue weighted by Crippen LogP contribution is 2.13. The Morgan fingerprint density at radius 2 is 2.25 bits per heavy atom. The average molecular weight is 240 g/mol. The van der Waals surface area contributed by atoms with E-state index in [0.29, 0.717) is 0 Å². The van der Waals surface area contributed by atoms with Crippen LogP contribution in [-0.2, 0) is 9.53 Å². The molecule has 1 saturated heterocycles. The minimum absolute atomic E-state index is 0.104. The first kappa shape index (κ1) is 13.2. The lowest BCUT2D eigenvalue weighted by atomic mass is 10.2. The Bertz CT molecular complexity index is 227. The van der Waals surface area contributed by atoms with Gasteiger partial charge >= 0.3 is 6.18 Å². The van der Waals surface area contributed by atoms with Gasteiger partial charge < -0.3 is 15.4 Å². The van der Waals surface area contributed by atoms with E-state index in [1.807, 2.05) is 0 Å². The number of carbonyl (C=O) groups excluding carboxylic acids is 1. The Morgan fingerprint density at radius 1 is 1.50 bits per heavy atom. The van der Waals surface area contributed by atoms with Crippen LogP contribution in [0.2, 0.25) is 0 Å². The summed E-state index contributed by atoms with van der Waals surface area (Å²) in [5.74, 6) is -0.173. The fourth-order valence-corrected chi connectivity index (χ4v) is 1.47. The molecule has 1 heterocycles. The molecule has 0 bridgehead atoms. The number of ether oxygens (including phenoxy) is 1. The van der Waals surface area contributed by atoms with Gasteiger partial charge in [0.05, 0.1) is 12.6 Å². The molecule has 7 heteroatoms. The molecule has 94 valence electrons. The first-order chi connectivity index (χ1) is 7.49. The second-order valence-electron chi connectivity index (χ2n) is 3.61. The predicted molar refractivity (Wildman–Crippen MR) is 50.9 cm³/mol. The van der Waals surface area contributed by atoms with Crippen molar-refractivity contribution in [2.24, 2.45) is 0 Å². The van der Waals surface area contributed by atoms with Crippen molar-refractivity contribution in [3.8, 4) is 0 Å². The Hall–Kier alpha value is -0.820. The van der Waals surface area contributed by atoms with Crippen LogP contribution in [0.1, 0.15) is 12.8 Å². The minimum Gasteiger partial charge on any atom is -0.370 e. The molecule has 1 unspecified atom stereocenters. The molecule has 1 aliphatic heterocycles. The third kappa shape index (κ3) is 5.32. The van der Waals surface area contributed by atoms with Crippen molar-refractivity contribution in [1.29, 1.82) is 0 Å². The lowest BCUT2D eigenvalue weighted by Gasteiger charge is -2.11. The van der Waals surface area contributed by atoms with Crippen LogP contribution < -0.4 is 10.6 Å². The summed E-state index contributed by atoms with van der Waals surface area (Å²) in [5, 5.41) is 5.51. The molecule has 0 aromatic carbocycles. The van der Waals surface area contributed by atoms with E-state index >= 15 is 0 Å². The summed E-state index contributed by atoms with van der Waals surface area (Å²) in [6.07, 6.45) is -2.59. The number of alkyl halides is 3. The Labute approximate surface area is 91.5 Å². The molecule has 16 heavy (non-hydrogen) atoms. The lowest BCUT2D eigenvalue weighted by Crippen LogP contribution is -2.41. The van der Waals surface area contributed by atoms with Crippen molar-refractivity contribution in [1.82, 2.24) is 10.6 Å². The number of hydrogen-bond acceptors (Lipinski definition) is 3. The number of hydrogen-bond donors (Lipinski definition) is 2. The van der Waals surface area contributed by atoms with Gasteiger partial charge in [-0.25, -0.2) is 0 Å². The number of nitrogens with one attached hydrogen (secondary N) is 2. The monoisotopic (exact) mass is 240 g/mol. The molecule has 1 aliphatic rings. The molecule has 0 radical (unpaired) electrons. The maximum absolute atomic E-state index is 11.7. The number of halogens is 3. The van der Waals surface area contributed by atoms with E-state index in [-0.39, 0.29) is 25.1 Å². The van der Waals surface area contributed by atoms with Crippen molar-refractivity contribution in [3.05, 3.63) is 0 Å². The topological polar surface area (TPSA) is 50.4 Å². The zero-order valence-electron chi connectivity index (χ0n) is 8.77. The molecule has 1 amide bonds. The van der Waals surface area contributed by atoms with E-state index in [0.717, 1.165) is 19.4 Å². The molecule has 4 nitrogen and oxygen atoms in total. The second kappa shape index (κ2) is 6.05. The quantitative estimate of drug-likeness (QED) is 0.685. The van der Waals surface area contributed by atoms with Gasteiger partial charge in [-0.3, -0.25) is 4.79 Å². The first-order valence-electron chi connectivity index (χ1n) is 5.14. The highest BCUT2D eigenvalue weighted by molar-refractivity contribution is 5.81. The van der Waals surface area contributed by atoms with Crippen molar-refractivity contribution < 1.29 is 22.7 Å². The Kier molecular flexibility index (Phi) is 5.01. The van der Waals surface area contributed by atoms with Crippen LogP contribution in [0.15, 0.2) is 0 Å². The summed E-state index contributed by atoms with van der Waals surface area (Å²) < 4.78 is 39.3. The van der Waals surface area contributed by atoms with Crippen molar-refractivity contribution in [2.45, 2.75) is 25.1 Å². The lowest BCUT2D eigenvalue weighted by molar-refractivity contribution is -0.173. The number of rotatable bonds is 5. The molecule has 1 rings (SSSR count). The smallest absolute Gasteiger partial charge is 0.370 e. The van der Waals surface area contributed by atoms with Crippen LogP contribution in [0.3, 0.4) is 0 Å². The van der Waals surface area contributed by atoms with Crippen molar-refractivity contribution >= 4 is 5.91 Å². The van der Waals surface area contributed by atoms with E-state index in [2.05, 4.69) is 15.4 Å². The molecule has 0 aromatic rings. The van der Waals surface area contributed by atoms with Gasteiger partial charge in [0.15, 0.2) is 0 Å². The molecular weight excluding hydrogens is 225 g/mol. The van der Waals surface area contributed by atoms with Crippen molar-refractivity contribution in [2.75, 3.05) is 26.3 Å². The van der Waals surface area contributed by atoms with Crippen molar-refractivity contribution in [3.63, 3.8) is 0 Å². The van der Waals surface area contributed by atoms with Gasteiger partial charge in [0.2, 0.25) is 5.91 Å². The van der Waals surface area contributed by atoms with Crippen LogP contribution in [0.4, 0.5) is 13.2 Å². The maximum Gasteiger partial charge on any atom is 0.411 e. The fourth-order valence-electron chi connectivity index (χ4n) is 1.47. The average Bonchev–Trinajstić information content (AvgIpc) is 2.67.